The SMILES string of the molecule is CCC1CCCCCN1C1(CN)CCC(C)(C)C1. The molecule has 0 amide bonds. The summed E-state index contributed by atoms with van der Waals surface area (Å²) in [5.41, 5.74) is 7.05. The molecule has 2 N–H and O–H groups in total. The van der Waals surface area contributed by atoms with Gasteiger partial charge in [-0.15, -0.1) is 0 Å². The van der Waals surface area contributed by atoms with E-state index in [-0.39, 0.29) is 0 Å². The number of likely N-dealkylation sites (tertiary alicyclic amines) is 1. The van der Waals surface area contributed by atoms with Gasteiger partial charge in [0.2, 0.25) is 0 Å². The Morgan fingerprint density at radius 1 is 1.17 bits per heavy atom. The van der Waals surface area contributed by atoms with Crippen molar-refractivity contribution in [3.8, 4) is 0 Å². The van der Waals surface area contributed by atoms with Crippen LogP contribution in [0.15, 0.2) is 0 Å². The van der Waals surface area contributed by atoms with E-state index < -0.39 is 0 Å². The van der Waals surface area contributed by atoms with Gasteiger partial charge in [-0.25, -0.2) is 0 Å². The molecule has 0 aromatic carbocycles. The van der Waals surface area contributed by atoms with Gasteiger partial charge in [-0.2, -0.15) is 0 Å². The van der Waals surface area contributed by atoms with E-state index >= 15 is 0 Å². The summed E-state index contributed by atoms with van der Waals surface area (Å²) in [7, 11) is 0. The second-order valence-corrected chi connectivity index (χ2v) is 7.37. The average molecular weight is 252 g/mol. The molecular formula is C16H32N2. The monoisotopic (exact) mass is 252 g/mol. The van der Waals surface area contributed by atoms with E-state index in [9.17, 15) is 0 Å². The lowest BCUT2D eigenvalue weighted by atomic mass is 9.85. The van der Waals surface area contributed by atoms with Crippen molar-refractivity contribution in [3.05, 3.63) is 0 Å². The Morgan fingerprint density at radius 3 is 2.50 bits per heavy atom. The van der Waals surface area contributed by atoms with Crippen LogP contribution in [0.3, 0.4) is 0 Å². The normalized spacial score (nSPS) is 37.7. The molecule has 2 unspecified atom stereocenters. The fourth-order valence-electron chi connectivity index (χ4n) is 4.40. The largest absolute Gasteiger partial charge is 0.329 e. The molecule has 1 aliphatic heterocycles. The highest BCUT2D eigenvalue weighted by Gasteiger charge is 2.47. The van der Waals surface area contributed by atoms with Crippen LogP contribution in [0.5, 0.6) is 0 Å². The molecule has 18 heavy (non-hydrogen) atoms. The minimum atomic E-state index is 0.314. The number of nitrogens with zero attached hydrogens (tertiary/aromatic N) is 1. The van der Waals surface area contributed by atoms with Crippen molar-refractivity contribution in [2.75, 3.05) is 13.1 Å². The van der Waals surface area contributed by atoms with Crippen LogP contribution in [0.2, 0.25) is 0 Å². The third-order valence-corrected chi connectivity index (χ3v) is 5.41. The van der Waals surface area contributed by atoms with Crippen molar-refractivity contribution in [2.24, 2.45) is 11.1 Å². The van der Waals surface area contributed by atoms with Crippen LogP contribution < -0.4 is 5.73 Å². The Labute approximate surface area is 113 Å². The van der Waals surface area contributed by atoms with E-state index in [2.05, 4.69) is 25.7 Å². The quantitative estimate of drug-likeness (QED) is 0.832. The fourth-order valence-corrected chi connectivity index (χ4v) is 4.40. The van der Waals surface area contributed by atoms with Crippen LogP contribution in [0.4, 0.5) is 0 Å². The summed E-state index contributed by atoms with van der Waals surface area (Å²) < 4.78 is 0. The zero-order chi connectivity index (χ0) is 13.2. The van der Waals surface area contributed by atoms with Gasteiger partial charge in [-0.05, 0) is 50.5 Å². The zero-order valence-electron chi connectivity index (χ0n) is 12.7. The van der Waals surface area contributed by atoms with E-state index in [1.165, 1.54) is 57.9 Å². The standard InChI is InChI=1S/C16H32N2/c1-4-14-8-6-5-7-11-18(14)16(13-17)10-9-15(2,3)12-16/h14H,4-13,17H2,1-3H3. The topological polar surface area (TPSA) is 29.3 Å². The molecule has 2 atom stereocenters. The Kier molecular flexibility index (Phi) is 4.38. The summed E-state index contributed by atoms with van der Waals surface area (Å²) in [5.74, 6) is 0. The lowest BCUT2D eigenvalue weighted by molar-refractivity contribution is 0.0443. The first-order chi connectivity index (χ1) is 8.53. The molecular weight excluding hydrogens is 220 g/mol. The molecule has 0 radical (unpaired) electrons. The number of hydrogen-bond donors (Lipinski definition) is 1. The Balaban J connectivity index is 2.19. The van der Waals surface area contributed by atoms with Gasteiger partial charge in [-0.1, -0.05) is 33.6 Å². The molecule has 1 saturated heterocycles. The van der Waals surface area contributed by atoms with Crippen molar-refractivity contribution in [1.82, 2.24) is 4.90 Å². The summed E-state index contributed by atoms with van der Waals surface area (Å²) in [6.07, 6.45) is 10.8. The molecule has 0 spiro atoms. The highest BCUT2D eigenvalue weighted by atomic mass is 15.2. The van der Waals surface area contributed by atoms with Gasteiger partial charge in [-0.3, -0.25) is 4.90 Å². The smallest absolute Gasteiger partial charge is 0.0339 e. The van der Waals surface area contributed by atoms with Gasteiger partial charge in [0, 0.05) is 18.1 Å². The van der Waals surface area contributed by atoms with Crippen molar-refractivity contribution >= 4 is 0 Å². The first-order valence-electron chi connectivity index (χ1n) is 8.00. The van der Waals surface area contributed by atoms with Crippen LogP contribution >= 0.6 is 0 Å². The van der Waals surface area contributed by atoms with E-state index in [4.69, 9.17) is 5.73 Å². The van der Waals surface area contributed by atoms with Crippen LogP contribution in [-0.4, -0.2) is 29.6 Å². The first kappa shape index (κ1) is 14.3. The summed E-state index contributed by atoms with van der Waals surface area (Å²) in [5, 5.41) is 0. The number of rotatable bonds is 3. The highest BCUT2D eigenvalue weighted by molar-refractivity contribution is 5.04. The third-order valence-electron chi connectivity index (χ3n) is 5.41. The maximum Gasteiger partial charge on any atom is 0.0339 e. The van der Waals surface area contributed by atoms with E-state index in [0.717, 1.165) is 12.6 Å². The van der Waals surface area contributed by atoms with Gasteiger partial charge in [0.15, 0.2) is 0 Å². The fraction of sp³-hybridized carbons (Fsp3) is 1.00. The lowest BCUT2D eigenvalue weighted by Crippen LogP contribution is -2.56. The number of hydrogen-bond acceptors (Lipinski definition) is 2. The highest BCUT2D eigenvalue weighted by Crippen LogP contribution is 2.47. The van der Waals surface area contributed by atoms with Gasteiger partial charge < -0.3 is 5.73 Å². The molecule has 2 fully saturated rings. The maximum atomic E-state index is 6.25. The molecule has 2 aliphatic rings. The van der Waals surface area contributed by atoms with E-state index in [1.54, 1.807) is 0 Å². The first-order valence-corrected chi connectivity index (χ1v) is 8.00. The maximum absolute atomic E-state index is 6.25. The van der Waals surface area contributed by atoms with E-state index in [0.29, 0.717) is 11.0 Å². The molecule has 1 saturated carbocycles. The molecule has 106 valence electrons. The minimum absolute atomic E-state index is 0.314. The summed E-state index contributed by atoms with van der Waals surface area (Å²) in [6.45, 7) is 9.33. The molecule has 1 aliphatic carbocycles. The Hall–Kier alpha value is -0.0800. The van der Waals surface area contributed by atoms with Crippen molar-refractivity contribution < 1.29 is 0 Å². The van der Waals surface area contributed by atoms with Gasteiger partial charge >= 0.3 is 0 Å². The molecule has 0 aromatic rings. The molecule has 2 nitrogen and oxygen atoms in total. The van der Waals surface area contributed by atoms with Crippen LogP contribution in [0, 0.1) is 5.41 Å². The molecule has 0 bridgehead atoms. The average Bonchev–Trinajstić information content (AvgIpc) is 2.55. The Bertz CT molecular complexity index is 274. The van der Waals surface area contributed by atoms with Crippen molar-refractivity contribution in [1.29, 1.82) is 0 Å². The predicted molar refractivity (Wildman–Crippen MR) is 78.7 cm³/mol. The van der Waals surface area contributed by atoms with Crippen LogP contribution in [0.1, 0.15) is 72.1 Å². The molecule has 2 rings (SSSR count). The third kappa shape index (κ3) is 2.75. The zero-order valence-corrected chi connectivity index (χ0v) is 12.7. The summed E-state index contributed by atoms with van der Waals surface area (Å²) >= 11 is 0. The molecule has 0 aromatic heterocycles. The van der Waals surface area contributed by atoms with Gasteiger partial charge in [0.1, 0.15) is 0 Å². The lowest BCUT2D eigenvalue weighted by Gasteiger charge is -2.45. The van der Waals surface area contributed by atoms with E-state index in [1.807, 2.05) is 0 Å². The van der Waals surface area contributed by atoms with Crippen molar-refractivity contribution in [3.63, 3.8) is 0 Å². The molecule has 2 heteroatoms. The van der Waals surface area contributed by atoms with Crippen LogP contribution in [-0.2, 0) is 0 Å². The van der Waals surface area contributed by atoms with Crippen LogP contribution in [0.25, 0.3) is 0 Å². The predicted octanol–water partition coefficient (Wildman–Crippen LogP) is 3.55. The summed E-state index contributed by atoms with van der Waals surface area (Å²) in [4.78, 5) is 2.83. The molecule has 1 heterocycles. The van der Waals surface area contributed by atoms with Gasteiger partial charge in [0.05, 0.1) is 0 Å². The number of nitrogens with two attached hydrogens (primary N) is 1. The van der Waals surface area contributed by atoms with Gasteiger partial charge in [0.25, 0.3) is 0 Å². The van der Waals surface area contributed by atoms with Crippen molar-refractivity contribution in [2.45, 2.75) is 83.7 Å². The second kappa shape index (κ2) is 5.50. The second-order valence-electron chi connectivity index (χ2n) is 7.37. The minimum Gasteiger partial charge on any atom is -0.329 e. The Morgan fingerprint density at radius 2 is 1.94 bits per heavy atom. The summed E-state index contributed by atoms with van der Waals surface area (Å²) in [6, 6.07) is 0.782.